The molecule has 1 N–H and O–H groups in total. The number of nitrogens with one attached hydrogen (secondary N) is 1. The smallest absolute Gasteiger partial charge is 0.335 e. The van der Waals surface area contributed by atoms with Crippen LogP contribution in [0.4, 0.5) is 0 Å². The Balaban J connectivity index is 2.36. The van der Waals surface area contributed by atoms with Crippen LogP contribution in [-0.2, 0) is 19.1 Å². The number of ether oxygens (including phenoxy) is 2. The summed E-state index contributed by atoms with van der Waals surface area (Å²) in [6, 6.07) is 0. The summed E-state index contributed by atoms with van der Waals surface area (Å²) >= 11 is 0. The van der Waals surface area contributed by atoms with Crippen molar-refractivity contribution in [1.82, 2.24) is 10.2 Å². The molecule has 6 nitrogen and oxygen atoms in total. The molecule has 118 valence electrons. The van der Waals surface area contributed by atoms with Crippen molar-refractivity contribution >= 4 is 11.9 Å². The molecule has 0 bridgehead atoms. The fourth-order valence-electron chi connectivity index (χ4n) is 3.29. The van der Waals surface area contributed by atoms with E-state index in [-0.39, 0.29) is 11.9 Å². The molecule has 2 atom stereocenters. The zero-order valence-corrected chi connectivity index (χ0v) is 13.2. The number of nitrogens with zero attached hydrogens (tertiary/aromatic N) is 1. The summed E-state index contributed by atoms with van der Waals surface area (Å²) in [5.74, 6) is -1.02. The maximum absolute atomic E-state index is 12.3. The number of hydrogen-bond donors (Lipinski definition) is 1. The highest BCUT2D eigenvalue weighted by Crippen LogP contribution is 2.40. The number of carbonyl (C=O) groups excluding carboxylic acids is 2. The van der Waals surface area contributed by atoms with Crippen molar-refractivity contribution in [2.45, 2.75) is 39.8 Å². The maximum Gasteiger partial charge on any atom is 0.335 e. The molecule has 2 rings (SSSR count). The molecule has 1 fully saturated rings. The second kappa shape index (κ2) is 6.05. The molecule has 6 heteroatoms. The van der Waals surface area contributed by atoms with Crippen LogP contribution in [-0.4, -0.2) is 48.8 Å². The molecule has 0 radical (unpaired) electrons. The Morgan fingerprint density at radius 2 is 2.00 bits per heavy atom. The van der Waals surface area contributed by atoms with E-state index in [1.54, 1.807) is 13.8 Å². The summed E-state index contributed by atoms with van der Waals surface area (Å²) in [6.45, 7) is 9.68. The molecule has 2 aliphatic rings. The SMILES string of the molecule is CCOC(=O)C1=C(C)N2CCNC2(C)C(C(=O)OCC)C1. The van der Waals surface area contributed by atoms with Gasteiger partial charge in [-0.15, -0.1) is 0 Å². The van der Waals surface area contributed by atoms with Gasteiger partial charge in [0.2, 0.25) is 0 Å². The summed E-state index contributed by atoms with van der Waals surface area (Å²) in [5, 5.41) is 3.39. The lowest BCUT2D eigenvalue weighted by Gasteiger charge is -2.46. The highest BCUT2D eigenvalue weighted by molar-refractivity contribution is 5.91. The van der Waals surface area contributed by atoms with E-state index in [0.29, 0.717) is 25.2 Å². The molecule has 21 heavy (non-hydrogen) atoms. The van der Waals surface area contributed by atoms with Gasteiger partial charge in [-0.2, -0.15) is 0 Å². The highest BCUT2D eigenvalue weighted by Gasteiger charge is 2.52. The summed E-state index contributed by atoms with van der Waals surface area (Å²) in [7, 11) is 0. The van der Waals surface area contributed by atoms with Crippen LogP contribution in [0.1, 0.15) is 34.1 Å². The third kappa shape index (κ3) is 2.64. The van der Waals surface area contributed by atoms with Crippen LogP contribution in [0.15, 0.2) is 11.3 Å². The van der Waals surface area contributed by atoms with Gasteiger partial charge in [-0.25, -0.2) is 4.79 Å². The topological polar surface area (TPSA) is 67.9 Å². The molecule has 2 heterocycles. The minimum absolute atomic E-state index is 0.270. The van der Waals surface area contributed by atoms with Gasteiger partial charge in [0.25, 0.3) is 0 Å². The van der Waals surface area contributed by atoms with E-state index in [1.807, 2.05) is 13.8 Å². The number of esters is 2. The first-order valence-electron chi connectivity index (χ1n) is 7.51. The highest BCUT2D eigenvalue weighted by atomic mass is 16.5. The average molecular weight is 296 g/mol. The fraction of sp³-hybridized carbons (Fsp3) is 0.733. The van der Waals surface area contributed by atoms with Crippen molar-refractivity contribution in [3.63, 3.8) is 0 Å². The Labute approximate surface area is 125 Å². The van der Waals surface area contributed by atoms with Crippen LogP contribution >= 0.6 is 0 Å². The van der Waals surface area contributed by atoms with Crippen LogP contribution in [0.5, 0.6) is 0 Å². The molecule has 0 aromatic heterocycles. The van der Waals surface area contributed by atoms with E-state index in [4.69, 9.17) is 9.47 Å². The number of rotatable bonds is 4. The quantitative estimate of drug-likeness (QED) is 0.782. The Morgan fingerprint density at radius 1 is 1.33 bits per heavy atom. The number of fused-ring (bicyclic) bond motifs is 1. The normalized spacial score (nSPS) is 28.4. The lowest BCUT2D eigenvalue weighted by molar-refractivity contribution is -0.154. The Morgan fingerprint density at radius 3 is 2.62 bits per heavy atom. The zero-order valence-electron chi connectivity index (χ0n) is 13.2. The molecule has 0 aromatic rings. The molecular weight excluding hydrogens is 272 g/mol. The Hall–Kier alpha value is -1.56. The Kier molecular flexibility index (Phi) is 4.56. The van der Waals surface area contributed by atoms with Crippen LogP contribution < -0.4 is 5.32 Å². The Bertz CT molecular complexity index is 474. The second-order valence-electron chi connectivity index (χ2n) is 5.52. The lowest BCUT2D eigenvalue weighted by atomic mass is 9.82. The summed E-state index contributed by atoms with van der Waals surface area (Å²) < 4.78 is 10.3. The van der Waals surface area contributed by atoms with Crippen LogP contribution in [0.3, 0.4) is 0 Å². The van der Waals surface area contributed by atoms with Crippen molar-refractivity contribution in [1.29, 1.82) is 0 Å². The van der Waals surface area contributed by atoms with Gasteiger partial charge in [0, 0.05) is 18.8 Å². The molecule has 2 aliphatic heterocycles. The first-order valence-corrected chi connectivity index (χ1v) is 7.51. The van der Waals surface area contributed by atoms with E-state index < -0.39 is 11.6 Å². The molecule has 1 saturated heterocycles. The van der Waals surface area contributed by atoms with Gasteiger partial charge in [0.1, 0.15) is 5.66 Å². The van der Waals surface area contributed by atoms with E-state index in [9.17, 15) is 9.59 Å². The van der Waals surface area contributed by atoms with Crippen molar-refractivity contribution < 1.29 is 19.1 Å². The standard InChI is InChI=1S/C15H24N2O4/c1-5-20-13(18)11-9-12(14(19)21-6-2)15(4)16-7-8-17(15)10(11)3/h12,16H,5-9H2,1-4H3. The number of allylic oxidation sites excluding steroid dienone is 1. The minimum Gasteiger partial charge on any atom is -0.466 e. The van der Waals surface area contributed by atoms with Gasteiger partial charge in [-0.1, -0.05) is 0 Å². The van der Waals surface area contributed by atoms with Crippen molar-refractivity contribution in [3.8, 4) is 0 Å². The third-order valence-electron chi connectivity index (χ3n) is 4.40. The first kappa shape index (κ1) is 15.8. The van der Waals surface area contributed by atoms with Crippen LogP contribution in [0.2, 0.25) is 0 Å². The van der Waals surface area contributed by atoms with Crippen molar-refractivity contribution in [2.75, 3.05) is 26.3 Å². The molecule has 0 amide bonds. The van der Waals surface area contributed by atoms with E-state index >= 15 is 0 Å². The van der Waals surface area contributed by atoms with Gasteiger partial charge in [0.05, 0.1) is 24.7 Å². The molecule has 0 saturated carbocycles. The van der Waals surface area contributed by atoms with Crippen molar-refractivity contribution in [3.05, 3.63) is 11.3 Å². The molecule has 0 spiro atoms. The second-order valence-corrected chi connectivity index (χ2v) is 5.52. The first-order chi connectivity index (χ1) is 9.95. The van der Waals surface area contributed by atoms with Crippen LogP contribution in [0.25, 0.3) is 0 Å². The monoisotopic (exact) mass is 296 g/mol. The maximum atomic E-state index is 12.3. The zero-order chi connectivity index (χ0) is 15.6. The largest absolute Gasteiger partial charge is 0.466 e. The van der Waals surface area contributed by atoms with Gasteiger partial charge >= 0.3 is 11.9 Å². The predicted octanol–water partition coefficient (Wildman–Crippen LogP) is 1.03. The summed E-state index contributed by atoms with van der Waals surface area (Å²) in [6.07, 6.45) is 0.351. The minimum atomic E-state index is -0.494. The third-order valence-corrected chi connectivity index (χ3v) is 4.40. The summed E-state index contributed by atoms with van der Waals surface area (Å²) in [5.41, 5.74) is 0.976. The van der Waals surface area contributed by atoms with Crippen molar-refractivity contribution in [2.24, 2.45) is 5.92 Å². The van der Waals surface area contributed by atoms with Crippen LogP contribution in [0, 0.1) is 5.92 Å². The average Bonchev–Trinajstić information content (AvgIpc) is 2.82. The molecule has 0 aliphatic carbocycles. The van der Waals surface area contributed by atoms with E-state index in [1.165, 1.54) is 0 Å². The number of hydrogen-bond acceptors (Lipinski definition) is 6. The summed E-state index contributed by atoms with van der Waals surface area (Å²) in [4.78, 5) is 26.6. The molecule has 2 unspecified atom stereocenters. The van der Waals surface area contributed by atoms with E-state index in [2.05, 4.69) is 10.2 Å². The van der Waals surface area contributed by atoms with Gasteiger partial charge < -0.3 is 14.4 Å². The fourth-order valence-corrected chi connectivity index (χ4v) is 3.29. The van der Waals surface area contributed by atoms with Gasteiger partial charge in [0.15, 0.2) is 0 Å². The lowest BCUT2D eigenvalue weighted by Crippen LogP contribution is -2.59. The molecular formula is C15H24N2O4. The van der Waals surface area contributed by atoms with E-state index in [0.717, 1.165) is 18.8 Å². The molecule has 0 aromatic carbocycles. The van der Waals surface area contributed by atoms with Gasteiger partial charge in [-0.3, -0.25) is 10.1 Å². The predicted molar refractivity (Wildman–Crippen MR) is 77.2 cm³/mol. The van der Waals surface area contributed by atoms with Gasteiger partial charge in [-0.05, 0) is 34.1 Å². The number of carbonyl (C=O) groups is 2.